The van der Waals surface area contributed by atoms with Crippen LogP contribution in [0.15, 0.2) is 0 Å². The van der Waals surface area contributed by atoms with Crippen LogP contribution < -0.4 is 10.6 Å². The highest BCUT2D eigenvalue weighted by molar-refractivity contribution is 5.67. The topological polar surface area (TPSA) is 50.4 Å². The molecular weight excluding hydrogens is 276 g/mol. The third-order valence-electron chi connectivity index (χ3n) is 4.25. The fourth-order valence-corrected chi connectivity index (χ4v) is 3.27. The minimum absolute atomic E-state index is 0.308. The molecule has 2 atom stereocenters. The average Bonchev–Trinajstić information content (AvgIpc) is 2.86. The molecule has 0 radical (unpaired) electrons. The van der Waals surface area contributed by atoms with Crippen LogP contribution in [0.3, 0.4) is 0 Å². The quantitative estimate of drug-likeness (QED) is 0.744. The summed E-state index contributed by atoms with van der Waals surface area (Å²) in [5.74, 6) is 1.39. The third kappa shape index (κ3) is 8.02. The normalized spacial score (nSPS) is 19.2. The molecule has 1 rings (SSSR count). The van der Waals surface area contributed by atoms with E-state index in [0.717, 1.165) is 12.3 Å². The lowest BCUT2D eigenvalue weighted by molar-refractivity contribution is 0.0519. The summed E-state index contributed by atoms with van der Waals surface area (Å²) in [6.07, 6.45) is 6.14. The number of hydrogen-bond donors (Lipinski definition) is 2. The Morgan fingerprint density at radius 2 is 1.77 bits per heavy atom. The van der Waals surface area contributed by atoms with Crippen molar-refractivity contribution < 1.29 is 9.53 Å². The van der Waals surface area contributed by atoms with Crippen molar-refractivity contribution in [2.75, 3.05) is 6.54 Å². The van der Waals surface area contributed by atoms with E-state index in [1.165, 1.54) is 25.7 Å². The van der Waals surface area contributed by atoms with Gasteiger partial charge in [-0.1, -0.05) is 26.7 Å². The fraction of sp³-hybridized carbons (Fsp3) is 0.944. The van der Waals surface area contributed by atoms with Crippen molar-refractivity contribution in [2.24, 2.45) is 11.8 Å². The maximum Gasteiger partial charge on any atom is 0.407 e. The zero-order valence-electron chi connectivity index (χ0n) is 15.4. The van der Waals surface area contributed by atoms with Crippen LogP contribution in [0.2, 0.25) is 0 Å². The van der Waals surface area contributed by atoms with Gasteiger partial charge in [-0.2, -0.15) is 0 Å². The second-order valence-corrected chi connectivity index (χ2v) is 8.21. The van der Waals surface area contributed by atoms with E-state index in [2.05, 4.69) is 31.4 Å². The molecule has 0 heterocycles. The third-order valence-corrected chi connectivity index (χ3v) is 4.25. The summed E-state index contributed by atoms with van der Waals surface area (Å²) in [6, 6.07) is 0.829. The lowest BCUT2D eigenvalue weighted by atomic mass is 9.96. The molecular formula is C18H36N2O2. The number of carbonyl (C=O) groups is 1. The number of carbonyl (C=O) groups excluding carboxylic acids is 1. The first-order valence-electron chi connectivity index (χ1n) is 8.90. The standard InChI is InChI=1S/C18H36N2O2/c1-13(2)11-16(12-19-17(21)22-18(4,5)6)20-14(3)15-9-7-8-10-15/h13-16,20H,7-12H2,1-6H3,(H,19,21). The maximum absolute atomic E-state index is 11.8. The molecule has 4 nitrogen and oxygen atoms in total. The molecule has 130 valence electrons. The van der Waals surface area contributed by atoms with Gasteiger partial charge in [-0.05, 0) is 58.8 Å². The Labute approximate surface area is 136 Å². The molecule has 0 spiro atoms. The predicted molar refractivity (Wildman–Crippen MR) is 92.0 cm³/mol. The molecule has 1 amide bonds. The first-order valence-corrected chi connectivity index (χ1v) is 8.90. The van der Waals surface area contributed by atoms with Crippen LogP contribution in [0.5, 0.6) is 0 Å². The Hall–Kier alpha value is -0.770. The summed E-state index contributed by atoms with van der Waals surface area (Å²) < 4.78 is 5.32. The van der Waals surface area contributed by atoms with E-state index in [1.807, 2.05) is 20.8 Å². The monoisotopic (exact) mass is 312 g/mol. The first-order chi connectivity index (χ1) is 10.2. The number of nitrogens with one attached hydrogen (secondary N) is 2. The lowest BCUT2D eigenvalue weighted by Crippen LogP contribution is -2.48. The summed E-state index contributed by atoms with van der Waals surface area (Å²) in [4.78, 5) is 11.8. The van der Waals surface area contributed by atoms with Crippen LogP contribution in [0.25, 0.3) is 0 Å². The molecule has 0 saturated heterocycles. The Bertz CT molecular complexity index is 330. The van der Waals surface area contributed by atoms with Gasteiger partial charge in [0.25, 0.3) is 0 Å². The number of ether oxygens (including phenoxy) is 1. The van der Waals surface area contributed by atoms with Crippen molar-refractivity contribution in [3.63, 3.8) is 0 Å². The molecule has 2 unspecified atom stereocenters. The van der Waals surface area contributed by atoms with Crippen molar-refractivity contribution in [1.82, 2.24) is 10.6 Å². The van der Waals surface area contributed by atoms with Crippen LogP contribution >= 0.6 is 0 Å². The Balaban J connectivity index is 2.44. The van der Waals surface area contributed by atoms with Crippen molar-refractivity contribution in [3.8, 4) is 0 Å². The van der Waals surface area contributed by atoms with E-state index in [9.17, 15) is 4.79 Å². The van der Waals surface area contributed by atoms with Gasteiger partial charge in [-0.3, -0.25) is 0 Å². The minimum atomic E-state index is -0.442. The Morgan fingerprint density at radius 3 is 2.27 bits per heavy atom. The molecule has 22 heavy (non-hydrogen) atoms. The molecule has 0 bridgehead atoms. The SMILES string of the molecule is CC(C)CC(CNC(=O)OC(C)(C)C)NC(C)C1CCCC1. The first kappa shape index (κ1) is 19.3. The average molecular weight is 312 g/mol. The highest BCUT2D eigenvalue weighted by Gasteiger charge is 2.24. The molecule has 1 aliphatic rings. The number of rotatable bonds is 7. The summed E-state index contributed by atoms with van der Waals surface area (Å²) in [5, 5.41) is 6.66. The second-order valence-electron chi connectivity index (χ2n) is 8.21. The molecule has 4 heteroatoms. The van der Waals surface area contributed by atoms with E-state index in [4.69, 9.17) is 4.74 Å². The Morgan fingerprint density at radius 1 is 1.18 bits per heavy atom. The van der Waals surface area contributed by atoms with E-state index >= 15 is 0 Å². The van der Waals surface area contributed by atoms with Gasteiger partial charge in [-0.25, -0.2) is 4.79 Å². The van der Waals surface area contributed by atoms with Gasteiger partial charge in [-0.15, -0.1) is 0 Å². The molecule has 0 aromatic heterocycles. The van der Waals surface area contributed by atoms with Crippen molar-refractivity contribution in [2.45, 2.75) is 91.3 Å². The zero-order valence-corrected chi connectivity index (χ0v) is 15.4. The molecule has 1 aliphatic carbocycles. The largest absolute Gasteiger partial charge is 0.444 e. The van der Waals surface area contributed by atoms with Crippen molar-refractivity contribution in [3.05, 3.63) is 0 Å². The van der Waals surface area contributed by atoms with Gasteiger partial charge in [0.05, 0.1) is 0 Å². The minimum Gasteiger partial charge on any atom is -0.444 e. The van der Waals surface area contributed by atoms with Gasteiger partial charge in [0, 0.05) is 18.6 Å². The lowest BCUT2D eigenvalue weighted by Gasteiger charge is -2.29. The van der Waals surface area contributed by atoms with E-state index < -0.39 is 5.60 Å². The van der Waals surface area contributed by atoms with Crippen molar-refractivity contribution >= 4 is 6.09 Å². The van der Waals surface area contributed by atoms with Crippen molar-refractivity contribution in [1.29, 1.82) is 0 Å². The van der Waals surface area contributed by atoms with Crippen LogP contribution in [0.4, 0.5) is 4.79 Å². The maximum atomic E-state index is 11.8. The summed E-state index contributed by atoms with van der Waals surface area (Å²) in [7, 11) is 0. The van der Waals surface area contributed by atoms with E-state index in [0.29, 0.717) is 24.5 Å². The number of hydrogen-bond acceptors (Lipinski definition) is 3. The van der Waals surface area contributed by atoms with E-state index in [-0.39, 0.29) is 6.09 Å². The molecule has 0 aliphatic heterocycles. The van der Waals surface area contributed by atoms with Crippen LogP contribution in [-0.4, -0.2) is 30.3 Å². The fourth-order valence-electron chi connectivity index (χ4n) is 3.27. The highest BCUT2D eigenvalue weighted by Crippen LogP contribution is 2.27. The second kappa shape index (κ2) is 8.76. The van der Waals surface area contributed by atoms with Crippen LogP contribution in [0.1, 0.15) is 73.6 Å². The molecule has 1 saturated carbocycles. The summed E-state index contributed by atoms with van der Waals surface area (Å²) >= 11 is 0. The highest BCUT2D eigenvalue weighted by atomic mass is 16.6. The van der Waals surface area contributed by atoms with Crippen LogP contribution in [-0.2, 0) is 4.74 Å². The van der Waals surface area contributed by atoms with Gasteiger partial charge in [0.15, 0.2) is 0 Å². The van der Waals surface area contributed by atoms with Gasteiger partial charge in [0.2, 0.25) is 0 Å². The van der Waals surface area contributed by atoms with Gasteiger partial charge in [0.1, 0.15) is 5.60 Å². The smallest absolute Gasteiger partial charge is 0.407 e. The zero-order chi connectivity index (χ0) is 16.8. The molecule has 0 aromatic rings. The van der Waals surface area contributed by atoms with E-state index in [1.54, 1.807) is 0 Å². The summed E-state index contributed by atoms with van der Waals surface area (Å²) in [5.41, 5.74) is -0.442. The number of alkyl carbamates (subject to hydrolysis) is 1. The molecule has 0 aromatic carbocycles. The predicted octanol–water partition coefficient (Wildman–Crippen LogP) is 4.09. The molecule has 1 fully saturated rings. The van der Waals surface area contributed by atoms with Gasteiger partial charge < -0.3 is 15.4 Å². The number of amides is 1. The Kier molecular flexibility index (Phi) is 7.67. The van der Waals surface area contributed by atoms with Gasteiger partial charge >= 0.3 is 6.09 Å². The molecule has 2 N–H and O–H groups in total. The van der Waals surface area contributed by atoms with Crippen LogP contribution in [0, 0.1) is 11.8 Å². The summed E-state index contributed by atoms with van der Waals surface area (Å²) in [6.45, 7) is 13.0.